The summed E-state index contributed by atoms with van der Waals surface area (Å²) in [4.78, 5) is 14.7. The van der Waals surface area contributed by atoms with Gasteiger partial charge in [0.25, 0.3) is 0 Å². The number of nitrogen functional groups attached to an aromatic ring is 1. The fourth-order valence-corrected chi connectivity index (χ4v) is 7.31. The molecule has 44 heavy (non-hydrogen) atoms. The van der Waals surface area contributed by atoms with Gasteiger partial charge in [-0.3, -0.25) is 0 Å². The lowest BCUT2D eigenvalue weighted by Gasteiger charge is -2.41. The lowest BCUT2D eigenvalue weighted by molar-refractivity contribution is -0.137. The van der Waals surface area contributed by atoms with Crippen LogP contribution in [0.1, 0.15) is 31.2 Å². The number of hydrogen-bond acceptors (Lipinski definition) is 10. The first-order valence-corrected chi connectivity index (χ1v) is 15.2. The van der Waals surface area contributed by atoms with E-state index in [1.54, 1.807) is 0 Å². The van der Waals surface area contributed by atoms with Crippen molar-refractivity contribution >= 4 is 43.4 Å². The number of hydrogen-bond donors (Lipinski definition) is 3. The Morgan fingerprint density at radius 1 is 1.09 bits per heavy atom. The Hall–Kier alpha value is -3.40. The number of aliphatic hydroxyl groups is 1. The van der Waals surface area contributed by atoms with Crippen molar-refractivity contribution in [3.63, 3.8) is 0 Å². The number of aromatic nitrogens is 3. The first-order chi connectivity index (χ1) is 21.0. The van der Waals surface area contributed by atoms with Crippen LogP contribution < -0.4 is 20.7 Å². The summed E-state index contributed by atoms with van der Waals surface area (Å²) in [6.07, 6.45) is -2.12. The lowest BCUT2D eigenvalue weighted by Crippen LogP contribution is -2.51. The van der Waals surface area contributed by atoms with E-state index >= 15 is 4.39 Å². The van der Waals surface area contributed by atoms with Gasteiger partial charge < -0.3 is 30.5 Å². The van der Waals surface area contributed by atoms with Gasteiger partial charge in [0.2, 0.25) is 0 Å². The summed E-state index contributed by atoms with van der Waals surface area (Å²) < 4.78 is 86.5. The van der Waals surface area contributed by atoms with Crippen LogP contribution in [-0.4, -0.2) is 71.7 Å². The van der Waals surface area contributed by atoms with Crippen molar-refractivity contribution in [2.24, 2.45) is 5.41 Å². The monoisotopic (exact) mass is 636 g/mol. The van der Waals surface area contributed by atoms with Gasteiger partial charge in [-0.2, -0.15) is 23.1 Å². The molecule has 3 fully saturated rings. The third-order valence-corrected chi connectivity index (χ3v) is 9.71. The third kappa shape index (κ3) is 5.08. The van der Waals surface area contributed by atoms with E-state index in [1.807, 2.05) is 4.90 Å². The summed E-state index contributed by atoms with van der Waals surface area (Å²) in [5.41, 5.74) is 2.69. The number of anilines is 2. The van der Waals surface area contributed by atoms with E-state index in [-0.39, 0.29) is 74.4 Å². The van der Waals surface area contributed by atoms with Crippen molar-refractivity contribution in [2.45, 2.75) is 43.9 Å². The van der Waals surface area contributed by atoms with Crippen LogP contribution in [0.5, 0.6) is 6.01 Å². The number of benzene rings is 2. The highest BCUT2D eigenvalue weighted by atomic mass is 32.1. The van der Waals surface area contributed by atoms with Crippen LogP contribution in [0.2, 0.25) is 0 Å². The summed E-state index contributed by atoms with van der Waals surface area (Å²) in [5.74, 6) is -1.82. The zero-order valence-electron chi connectivity index (χ0n) is 23.4. The number of nitrogens with two attached hydrogens (primary N) is 1. The number of aliphatic hydroxyl groups excluding tert-OH is 1. The van der Waals surface area contributed by atoms with Gasteiger partial charge in [-0.25, -0.2) is 13.8 Å². The second-order valence-electron chi connectivity index (χ2n) is 11.8. The van der Waals surface area contributed by atoms with Crippen molar-refractivity contribution < 1.29 is 36.5 Å². The molecule has 2 bridgehead atoms. The highest BCUT2D eigenvalue weighted by molar-refractivity contribution is 7.22. The van der Waals surface area contributed by atoms with Gasteiger partial charge in [0.15, 0.2) is 10.9 Å². The largest absolute Gasteiger partial charge is 0.463 e. The fraction of sp³-hybridized carbons (Fsp3) is 0.483. The topological polar surface area (TPSA) is 119 Å². The molecular formula is C29H29F5N6O3S. The number of fused-ring (bicyclic) bond motifs is 4. The molecule has 7 rings (SSSR count). The van der Waals surface area contributed by atoms with Gasteiger partial charge in [0.1, 0.15) is 17.2 Å². The number of nitrogens with zero attached hydrogens (tertiary/aromatic N) is 4. The van der Waals surface area contributed by atoms with Crippen molar-refractivity contribution in [1.82, 2.24) is 20.3 Å². The fourth-order valence-electron chi connectivity index (χ4n) is 6.55. The molecule has 5 heterocycles. The quantitative estimate of drug-likeness (QED) is 0.232. The molecule has 234 valence electrons. The number of rotatable bonds is 8. The molecule has 0 amide bonds. The van der Waals surface area contributed by atoms with E-state index in [1.165, 1.54) is 0 Å². The molecule has 9 nitrogen and oxygen atoms in total. The van der Waals surface area contributed by atoms with E-state index in [9.17, 15) is 22.7 Å². The molecule has 3 aliphatic heterocycles. The molecule has 4 aromatic rings. The van der Waals surface area contributed by atoms with E-state index < -0.39 is 28.9 Å². The maximum Gasteiger partial charge on any atom is 0.417 e. The van der Waals surface area contributed by atoms with Crippen LogP contribution in [0.15, 0.2) is 18.2 Å². The molecule has 0 saturated carbocycles. The van der Waals surface area contributed by atoms with Gasteiger partial charge in [0, 0.05) is 53.7 Å². The summed E-state index contributed by atoms with van der Waals surface area (Å²) in [6, 6.07) is 2.98. The Morgan fingerprint density at radius 2 is 1.84 bits per heavy atom. The SMILES string of the molecule is Nc1nc2c(-c3c(C(F)(F)F)cc4c(N5CC6CCC(C5)N6)nc(OCCC5(CCO)COC5)nc4c3F)ccc(F)c2s1. The Balaban J connectivity index is 1.39. The Bertz CT molecular complexity index is 1730. The standard InChI is InChI=1S/C29H29F5N6O3S/c30-19-4-3-16(23-24(19)44-26(35)37-23)20-18(29(32,33)34)9-17-22(21(20)31)38-27(43-8-6-28(5-7-41)12-42-13-28)39-25(17)40-10-14-1-2-15(11-40)36-14/h3-4,9,14-15,36,41H,1-2,5-8,10-13H2,(H2,35,37). The summed E-state index contributed by atoms with van der Waals surface area (Å²) >= 11 is 0.767. The second kappa shape index (κ2) is 10.9. The zero-order chi connectivity index (χ0) is 30.8. The van der Waals surface area contributed by atoms with E-state index in [0.29, 0.717) is 39.1 Å². The van der Waals surface area contributed by atoms with Crippen LogP contribution >= 0.6 is 11.3 Å². The van der Waals surface area contributed by atoms with Crippen LogP contribution in [0, 0.1) is 17.0 Å². The molecule has 2 aromatic heterocycles. The van der Waals surface area contributed by atoms with Gasteiger partial charge in [0.05, 0.1) is 35.6 Å². The minimum atomic E-state index is -4.98. The van der Waals surface area contributed by atoms with Crippen LogP contribution in [0.4, 0.5) is 32.9 Å². The first-order valence-electron chi connectivity index (χ1n) is 14.3. The number of nitrogens with one attached hydrogen (secondary N) is 1. The molecular weight excluding hydrogens is 607 g/mol. The van der Waals surface area contributed by atoms with Crippen LogP contribution in [0.3, 0.4) is 0 Å². The number of alkyl halides is 3. The van der Waals surface area contributed by atoms with Crippen molar-refractivity contribution in [1.29, 1.82) is 0 Å². The molecule has 3 saturated heterocycles. The van der Waals surface area contributed by atoms with E-state index in [4.69, 9.17) is 15.2 Å². The van der Waals surface area contributed by atoms with Crippen LogP contribution in [-0.2, 0) is 10.9 Å². The lowest BCUT2D eigenvalue weighted by atomic mass is 9.80. The zero-order valence-corrected chi connectivity index (χ0v) is 24.2. The highest BCUT2D eigenvalue weighted by Crippen LogP contribution is 2.46. The molecule has 0 radical (unpaired) electrons. The maximum atomic E-state index is 16.7. The molecule has 2 atom stereocenters. The molecule has 3 aliphatic rings. The summed E-state index contributed by atoms with van der Waals surface area (Å²) in [5, 5.41) is 12.8. The molecule has 0 aliphatic carbocycles. The van der Waals surface area contributed by atoms with Crippen LogP contribution in [0.25, 0.3) is 32.2 Å². The smallest absolute Gasteiger partial charge is 0.417 e. The summed E-state index contributed by atoms with van der Waals surface area (Å²) in [7, 11) is 0. The average molecular weight is 637 g/mol. The van der Waals surface area contributed by atoms with E-state index in [2.05, 4.69) is 20.3 Å². The van der Waals surface area contributed by atoms with Crippen molar-refractivity contribution in [2.75, 3.05) is 50.2 Å². The first kappa shape index (κ1) is 29.3. The predicted molar refractivity (Wildman–Crippen MR) is 155 cm³/mol. The Labute approximate surface area is 252 Å². The minimum Gasteiger partial charge on any atom is -0.463 e. The number of ether oxygens (including phenoxy) is 2. The molecule has 2 unspecified atom stereocenters. The number of halogens is 5. The van der Waals surface area contributed by atoms with Crippen molar-refractivity contribution in [3.05, 3.63) is 35.4 Å². The second-order valence-corrected chi connectivity index (χ2v) is 12.8. The van der Waals surface area contributed by atoms with E-state index in [0.717, 1.165) is 42.4 Å². The summed E-state index contributed by atoms with van der Waals surface area (Å²) in [6.45, 7) is 2.00. The maximum absolute atomic E-state index is 16.7. The highest BCUT2D eigenvalue weighted by Gasteiger charge is 2.40. The predicted octanol–water partition coefficient (Wildman–Crippen LogP) is 4.89. The normalized spacial score (nSPS) is 21.3. The third-order valence-electron chi connectivity index (χ3n) is 8.82. The van der Waals surface area contributed by atoms with Crippen molar-refractivity contribution in [3.8, 4) is 17.1 Å². The average Bonchev–Trinajstić information content (AvgIpc) is 3.52. The minimum absolute atomic E-state index is 0.0118. The van der Waals surface area contributed by atoms with Gasteiger partial charge >= 0.3 is 12.2 Å². The van der Waals surface area contributed by atoms with Gasteiger partial charge in [-0.1, -0.05) is 11.3 Å². The van der Waals surface area contributed by atoms with Gasteiger partial charge in [-0.15, -0.1) is 0 Å². The molecule has 15 heteroatoms. The van der Waals surface area contributed by atoms with Gasteiger partial charge in [-0.05, 0) is 43.9 Å². The molecule has 4 N–H and O–H groups in total. The molecule has 0 spiro atoms. The molecule has 2 aromatic carbocycles. The Kier molecular flexibility index (Phi) is 7.26. The number of piperazine rings is 1. The Morgan fingerprint density at radius 3 is 2.50 bits per heavy atom. The number of thiazole rings is 1.